The normalized spacial score (nSPS) is 12.1. The molecule has 1 atom stereocenters. The average molecular weight is 349 g/mol. The van der Waals surface area contributed by atoms with Crippen molar-refractivity contribution in [1.82, 2.24) is 5.32 Å². The number of nitrogens with one attached hydrogen (secondary N) is 1. The van der Waals surface area contributed by atoms with Gasteiger partial charge in [-0.1, -0.05) is 25.4 Å². The Morgan fingerprint density at radius 3 is 2.53 bits per heavy atom. The number of methoxy groups -OCH3 is 1. The van der Waals surface area contributed by atoms with Crippen molar-refractivity contribution in [2.75, 3.05) is 7.11 Å². The summed E-state index contributed by atoms with van der Waals surface area (Å²) in [6.45, 7) is 3.66. The van der Waals surface area contributed by atoms with Crippen LogP contribution in [0.25, 0.3) is 0 Å². The largest absolute Gasteiger partial charge is 0.467 e. The minimum atomic E-state index is -0.691. The first-order valence-corrected chi connectivity index (χ1v) is 6.87. The van der Waals surface area contributed by atoms with Gasteiger partial charge in [-0.2, -0.15) is 0 Å². The molecule has 0 unspecified atom stereocenters. The monoisotopic (exact) mass is 347 g/mol. The maximum Gasteiger partial charge on any atom is 0.328 e. The molecule has 19 heavy (non-hydrogen) atoms. The Balaban J connectivity index is 2.94. The Kier molecular flexibility index (Phi) is 5.82. The number of carbonyl (C=O) groups is 2. The molecule has 0 radical (unpaired) electrons. The number of hydrogen-bond donors (Lipinski definition) is 1. The highest BCUT2D eigenvalue weighted by atomic mass is 79.9. The number of rotatable bonds is 4. The lowest BCUT2D eigenvalue weighted by Crippen LogP contribution is -2.45. The number of ether oxygens (including phenoxy) is 1. The SMILES string of the molecule is COC(=O)[C@@H](NC(=O)c1cc(Cl)ccc1Br)C(C)C. The average Bonchev–Trinajstić information content (AvgIpc) is 2.37. The first-order valence-electron chi connectivity index (χ1n) is 5.70. The van der Waals surface area contributed by atoms with E-state index in [9.17, 15) is 9.59 Å². The molecule has 0 fully saturated rings. The van der Waals surface area contributed by atoms with E-state index in [0.29, 0.717) is 15.1 Å². The molecule has 0 aliphatic rings. The molecule has 1 aromatic rings. The molecule has 1 aromatic carbocycles. The summed E-state index contributed by atoms with van der Waals surface area (Å²) in [5.41, 5.74) is 0.377. The van der Waals surface area contributed by atoms with Crippen LogP contribution < -0.4 is 5.32 Å². The third-order valence-corrected chi connectivity index (χ3v) is 3.51. The van der Waals surface area contributed by atoms with E-state index in [0.717, 1.165) is 0 Å². The summed E-state index contributed by atoms with van der Waals surface area (Å²) in [5.74, 6) is -0.922. The van der Waals surface area contributed by atoms with E-state index in [1.165, 1.54) is 13.2 Å². The van der Waals surface area contributed by atoms with Crippen molar-refractivity contribution >= 4 is 39.4 Å². The summed E-state index contributed by atoms with van der Waals surface area (Å²) in [7, 11) is 1.29. The number of benzene rings is 1. The lowest BCUT2D eigenvalue weighted by Gasteiger charge is -2.20. The summed E-state index contributed by atoms with van der Waals surface area (Å²) in [4.78, 5) is 23.7. The van der Waals surface area contributed by atoms with Crippen LogP contribution in [0.1, 0.15) is 24.2 Å². The summed E-state index contributed by atoms with van der Waals surface area (Å²) < 4.78 is 5.29. The van der Waals surface area contributed by atoms with Gasteiger partial charge in [-0.3, -0.25) is 4.79 Å². The van der Waals surface area contributed by atoms with Crippen LogP contribution in [0, 0.1) is 5.92 Å². The molecular weight excluding hydrogens is 334 g/mol. The molecule has 104 valence electrons. The third kappa shape index (κ3) is 4.21. The predicted molar refractivity (Wildman–Crippen MR) is 77.3 cm³/mol. The number of halogens is 2. The molecule has 0 aliphatic heterocycles. The molecule has 0 aliphatic carbocycles. The van der Waals surface area contributed by atoms with E-state index < -0.39 is 12.0 Å². The van der Waals surface area contributed by atoms with Gasteiger partial charge in [0.1, 0.15) is 6.04 Å². The Bertz CT molecular complexity index is 491. The topological polar surface area (TPSA) is 55.4 Å². The minimum absolute atomic E-state index is 0.0747. The van der Waals surface area contributed by atoms with Crippen molar-refractivity contribution in [3.8, 4) is 0 Å². The number of amides is 1. The molecule has 0 bridgehead atoms. The highest BCUT2D eigenvalue weighted by Gasteiger charge is 2.26. The first-order chi connectivity index (χ1) is 8.86. The standard InChI is InChI=1S/C13H15BrClNO3/c1-7(2)11(13(18)19-3)16-12(17)9-6-8(15)4-5-10(9)14/h4-7,11H,1-3H3,(H,16,17)/t11-/m0/s1. The van der Waals surface area contributed by atoms with E-state index in [2.05, 4.69) is 26.0 Å². The van der Waals surface area contributed by atoms with Crippen LogP contribution in [0.5, 0.6) is 0 Å². The maximum absolute atomic E-state index is 12.1. The molecule has 0 heterocycles. The predicted octanol–water partition coefficient (Wildman–Crippen LogP) is 3.03. The first kappa shape index (κ1) is 16.0. The maximum atomic E-state index is 12.1. The highest BCUT2D eigenvalue weighted by Crippen LogP contribution is 2.21. The lowest BCUT2D eigenvalue weighted by molar-refractivity contribution is -0.144. The summed E-state index contributed by atoms with van der Waals surface area (Å²) in [5, 5.41) is 3.10. The number of carbonyl (C=O) groups excluding carboxylic acids is 2. The molecule has 1 rings (SSSR count). The Morgan fingerprint density at radius 1 is 1.37 bits per heavy atom. The van der Waals surface area contributed by atoms with Gasteiger partial charge in [-0.25, -0.2) is 4.79 Å². The third-order valence-electron chi connectivity index (χ3n) is 2.58. The van der Waals surface area contributed by atoms with Crippen LogP contribution in [0.15, 0.2) is 22.7 Å². The molecule has 1 amide bonds. The highest BCUT2D eigenvalue weighted by molar-refractivity contribution is 9.10. The van der Waals surface area contributed by atoms with E-state index in [4.69, 9.17) is 11.6 Å². The zero-order valence-corrected chi connectivity index (χ0v) is 13.2. The summed E-state index contributed by atoms with van der Waals surface area (Å²) >= 11 is 9.13. The Labute approximate surface area is 125 Å². The molecule has 0 saturated heterocycles. The van der Waals surface area contributed by atoms with E-state index in [-0.39, 0.29) is 11.8 Å². The molecule has 1 N–H and O–H groups in total. The quantitative estimate of drug-likeness (QED) is 0.851. The van der Waals surface area contributed by atoms with Crippen molar-refractivity contribution in [3.05, 3.63) is 33.3 Å². The second-order valence-electron chi connectivity index (χ2n) is 4.34. The fourth-order valence-electron chi connectivity index (χ4n) is 1.52. The molecule has 0 spiro atoms. The second kappa shape index (κ2) is 6.91. The van der Waals surface area contributed by atoms with Gasteiger partial charge in [0.15, 0.2) is 0 Å². The van der Waals surface area contributed by atoms with Crippen molar-refractivity contribution < 1.29 is 14.3 Å². The van der Waals surface area contributed by atoms with Crippen molar-refractivity contribution in [2.45, 2.75) is 19.9 Å². The van der Waals surface area contributed by atoms with Crippen LogP contribution >= 0.6 is 27.5 Å². The van der Waals surface area contributed by atoms with Gasteiger partial charge in [0.25, 0.3) is 5.91 Å². The summed E-state index contributed by atoms with van der Waals surface area (Å²) in [6, 6.07) is 4.20. The molecule has 0 aromatic heterocycles. The fraction of sp³-hybridized carbons (Fsp3) is 0.385. The number of hydrogen-bond acceptors (Lipinski definition) is 3. The lowest BCUT2D eigenvalue weighted by atomic mass is 10.0. The van der Waals surface area contributed by atoms with Gasteiger partial charge in [0, 0.05) is 9.50 Å². The van der Waals surface area contributed by atoms with Gasteiger partial charge in [-0.15, -0.1) is 0 Å². The van der Waals surface area contributed by atoms with Crippen LogP contribution in [0.2, 0.25) is 5.02 Å². The molecule has 6 heteroatoms. The van der Waals surface area contributed by atoms with Crippen LogP contribution in [-0.2, 0) is 9.53 Å². The van der Waals surface area contributed by atoms with Crippen molar-refractivity contribution in [2.24, 2.45) is 5.92 Å². The zero-order valence-electron chi connectivity index (χ0n) is 10.9. The van der Waals surface area contributed by atoms with Crippen LogP contribution in [-0.4, -0.2) is 25.0 Å². The van der Waals surface area contributed by atoms with E-state index in [1.54, 1.807) is 12.1 Å². The van der Waals surface area contributed by atoms with E-state index >= 15 is 0 Å². The zero-order chi connectivity index (χ0) is 14.6. The van der Waals surface area contributed by atoms with E-state index in [1.807, 2.05) is 13.8 Å². The van der Waals surface area contributed by atoms with Gasteiger partial charge in [0.05, 0.1) is 12.7 Å². The van der Waals surface area contributed by atoms with Crippen LogP contribution in [0.4, 0.5) is 0 Å². The summed E-state index contributed by atoms with van der Waals surface area (Å²) in [6.07, 6.45) is 0. The molecule has 4 nitrogen and oxygen atoms in total. The minimum Gasteiger partial charge on any atom is -0.467 e. The number of esters is 1. The molecule has 0 saturated carbocycles. The smallest absolute Gasteiger partial charge is 0.328 e. The van der Waals surface area contributed by atoms with Gasteiger partial charge >= 0.3 is 5.97 Å². The Hall–Kier alpha value is -1.07. The van der Waals surface area contributed by atoms with Gasteiger partial charge < -0.3 is 10.1 Å². The van der Waals surface area contributed by atoms with Crippen LogP contribution in [0.3, 0.4) is 0 Å². The fourth-order valence-corrected chi connectivity index (χ4v) is 2.11. The van der Waals surface area contributed by atoms with Crippen molar-refractivity contribution in [3.63, 3.8) is 0 Å². The Morgan fingerprint density at radius 2 is 2.00 bits per heavy atom. The van der Waals surface area contributed by atoms with Crippen molar-refractivity contribution in [1.29, 1.82) is 0 Å². The molecular formula is C13H15BrClNO3. The van der Waals surface area contributed by atoms with Gasteiger partial charge in [0.2, 0.25) is 0 Å². The van der Waals surface area contributed by atoms with Gasteiger partial charge in [-0.05, 0) is 40.0 Å². The second-order valence-corrected chi connectivity index (χ2v) is 5.63.